The highest BCUT2D eigenvalue weighted by atomic mass is 15.3. The minimum absolute atomic E-state index is 0.0878. The van der Waals surface area contributed by atoms with Crippen LogP contribution in [0.3, 0.4) is 0 Å². The second kappa shape index (κ2) is 5.12. The molecule has 16 heavy (non-hydrogen) atoms. The number of hydrogen-bond acceptors (Lipinski definition) is 5. The van der Waals surface area contributed by atoms with Crippen molar-refractivity contribution in [2.24, 2.45) is 5.84 Å². The first-order valence-electron chi connectivity index (χ1n) is 5.57. The Morgan fingerprint density at radius 3 is 2.38 bits per heavy atom. The molecule has 0 bridgehead atoms. The van der Waals surface area contributed by atoms with Crippen LogP contribution in [-0.4, -0.2) is 16.5 Å². The van der Waals surface area contributed by atoms with Gasteiger partial charge < -0.3 is 10.7 Å². The summed E-state index contributed by atoms with van der Waals surface area (Å²) in [7, 11) is 0. The summed E-state index contributed by atoms with van der Waals surface area (Å²) in [4.78, 5) is 8.82. The van der Waals surface area contributed by atoms with Crippen LogP contribution in [-0.2, 0) is 5.41 Å². The largest absolute Gasteiger partial charge is 0.370 e. The number of hydrazine groups is 1. The quantitative estimate of drug-likeness (QED) is 0.537. The first-order chi connectivity index (χ1) is 7.47. The smallest absolute Gasteiger partial charge is 0.145 e. The predicted molar refractivity (Wildman–Crippen MR) is 67.3 cm³/mol. The van der Waals surface area contributed by atoms with Crippen molar-refractivity contribution < 1.29 is 0 Å². The number of rotatable bonds is 4. The lowest BCUT2D eigenvalue weighted by molar-refractivity contribution is 0.546. The molecule has 0 unspecified atom stereocenters. The van der Waals surface area contributed by atoms with Crippen LogP contribution in [0.25, 0.3) is 0 Å². The molecule has 5 nitrogen and oxygen atoms in total. The van der Waals surface area contributed by atoms with E-state index >= 15 is 0 Å². The molecule has 1 aromatic rings. The minimum atomic E-state index is -0.0878. The van der Waals surface area contributed by atoms with Crippen LogP contribution >= 0.6 is 0 Å². The van der Waals surface area contributed by atoms with Crippen LogP contribution in [0, 0.1) is 0 Å². The number of anilines is 2. The number of nitrogen functional groups attached to an aromatic ring is 1. The van der Waals surface area contributed by atoms with Crippen LogP contribution in [0.15, 0.2) is 6.07 Å². The van der Waals surface area contributed by atoms with Crippen LogP contribution in [0.5, 0.6) is 0 Å². The fourth-order valence-electron chi connectivity index (χ4n) is 1.20. The lowest BCUT2D eigenvalue weighted by Crippen LogP contribution is -2.20. The van der Waals surface area contributed by atoms with E-state index in [1.165, 1.54) is 0 Å². The van der Waals surface area contributed by atoms with Gasteiger partial charge in [-0.15, -0.1) is 0 Å². The monoisotopic (exact) mass is 223 g/mol. The Balaban J connectivity index is 3.01. The van der Waals surface area contributed by atoms with E-state index in [-0.39, 0.29) is 5.41 Å². The van der Waals surface area contributed by atoms with E-state index in [0.29, 0.717) is 5.82 Å². The van der Waals surface area contributed by atoms with Gasteiger partial charge >= 0.3 is 0 Å². The van der Waals surface area contributed by atoms with Crippen molar-refractivity contribution in [3.05, 3.63) is 11.9 Å². The van der Waals surface area contributed by atoms with Crippen LogP contribution in [0.4, 0.5) is 11.6 Å². The Bertz CT molecular complexity index is 343. The van der Waals surface area contributed by atoms with Gasteiger partial charge in [-0.3, -0.25) is 0 Å². The molecule has 0 amide bonds. The number of nitrogens with one attached hydrogen (secondary N) is 2. The molecular formula is C11H21N5. The highest BCUT2D eigenvalue weighted by Gasteiger charge is 2.18. The molecule has 1 rings (SSSR count). The second-order valence-electron chi connectivity index (χ2n) is 4.78. The molecule has 0 spiro atoms. The van der Waals surface area contributed by atoms with Gasteiger partial charge in [-0.25, -0.2) is 15.8 Å². The van der Waals surface area contributed by atoms with E-state index in [1.807, 2.05) is 6.07 Å². The Morgan fingerprint density at radius 2 is 1.88 bits per heavy atom. The molecule has 0 saturated carbocycles. The molecule has 0 saturated heterocycles. The SMILES string of the molecule is CCCNc1cc(NN)nc(C(C)(C)C)n1. The maximum atomic E-state index is 5.39. The van der Waals surface area contributed by atoms with E-state index in [9.17, 15) is 0 Å². The van der Waals surface area contributed by atoms with E-state index in [1.54, 1.807) is 0 Å². The van der Waals surface area contributed by atoms with Gasteiger partial charge in [0.2, 0.25) is 0 Å². The van der Waals surface area contributed by atoms with Crippen molar-refractivity contribution in [1.82, 2.24) is 9.97 Å². The maximum absolute atomic E-state index is 5.39. The predicted octanol–water partition coefficient (Wildman–Crippen LogP) is 1.88. The van der Waals surface area contributed by atoms with E-state index in [2.05, 4.69) is 48.4 Å². The fraction of sp³-hybridized carbons (Fsp3) is 0.636. The first-order valence-corrected chi connectivity index (χ1v) is 5.57. The molecule has 0 fully saturated rings. The van der Waals surface area contributed by atoms with Gasteiger partial charge in [0.25, 0.3) is 0 Å². The third-order valence-electron chi connectivity index (χ3n) is 2.10. The third kappa shape index (κ3) is 3.34. The molecule has 1 aromatic heterocycles. The zero-order chi connectivity index (χ0) is 12.2. The van der Waals surface area contributed by atoms with Gasteiger partial charge in [0.05, 0.1) is 0 Å². The molecule has 1 heterocycles. The van der Waals surface area contributed by atoms with Gasteiger partial charge in [-0.1, -0.05) is 27.7 Å². The third-order valence-corrected chi connectivity index (χ3v) is 2.10. The minimum Gasteiger partial charge on any atom is -0.370 e. The van der Waals surface area contributed by atoms with Crippen molar-refractivity contribution >= 4 is 11.6 Å². The molecular weight excluding hydrogens is 202 g/mol. The van der Waals surface area contributed by atoms with Crippen LogP contribution in [0.2, 0.25) is 0 Å². The normalized spacial score (nSPS) is 11.3. The molecule has 0 radical (unpaired) electrons. The Labute approximate surface area is 96.8 Å². The second-order valence-corrected chi connectivity index (χ2v) is 4.78. The summed E-state index contributed by atoms with van der Waals surface area (Å²) in [5.41, 5.74) is 2.48. The van der Waals surface area contributed by atoms with E-state index in [0.717, 1.165) is 24.6 Å². The van der Waals surface area contributed by atoms with Crippen molar-refractivity contribution in [1.29, 1.82) is 0 Å². The molecule has 0 atom stereocenters. The van der Waals surface area contributed by atoms with E-state index in [4.69, 9.17) is 5.84 Å². The summed E-state index contributed by atoms with van der Waals surface area (Å²) in [6.45, 7) is 9.23. The molecule has 0 aliphatic carbocycles. The summed E-state index contributed by atoms with van der Waals surface area (Å²) in [6, 6.07) is 1.81. The molecule has 0 aliphatic rings. The van der Waals surface area contributed by atoms with Gasteiger partial charge in [-0.2, -0.15) is 0 Å². The zero-order valence-corrected chi connectivity index (χ0v) is 10.5. The molecule has 90 valence electrons. The Hall–Kier alpha value is -1.36. The van der Waals surface area contributed by atoms with Gasteiger partial charge in [0, 0.05) is 18.0 Å². The number of aromatic nitrogens is 2. The summed E-state index contributed by atoms with van der Waals surface area (Å²) in [6.07, 6.45) is 1.06. The fourth-order valence-corrected chi connectivity index (χ4v) is 1.20. The number of nitrogens with zero attached hydrogens (tertiary/aromatic N) is 2. The van der Waals surface area contributed by atoms with E-state index < -0.39 is 0 Å². The zero-order valence-electron chi connectivity index (χ0n) is 10.5. The molecule has 4 N–H and O–H groups in total. The summed E-state index contributed by atoms with van der Waals surface area (Å²) >= 11 is 0. The highest BCUT2D eigenvalue weighted by molar-refractivity contribution is 5.47. The maximum Gasteiger partial charge on any atom is 0.145 e. The summed E-state index contributed by atoms with van der Waals surface area (Å²) in [5.74, 6) is 7.62. The lowest BCUT2D eigenvalue weighted by Gasteiger charge is -2.18. The van der Waals surface area contributed by atoms with Crippen molar-refractivity contribution in [3.8, 4) is 0 Å². The molecule has 0 aliphatic heterocycles. The topological polar surface area (TPSA) is 75.9 Å². The van der Waals surface area contributed by atoms with Gasteiger partial charge in [0.15, 0.2) is 0 Å². The van der Waals surface area contributed by atoms with Gasteiger partial charge in [-0.05, 0) is 6.42 Å². The standard InChI is InChI=1S/C11H21N5/c1-5-6-13-8-7-9(16-12)15-10(14-8)11(2,3)4/h7H,5-6,12H2,1-4H3,(H2,13,14,15,16). The Morgan fingerprint density at radius 1 is 1.25 bits per heavy atom. The van der Waals surface area contributed by atoms with Crippen LogP contribution in [0.1, 0.15) is 39.9 Å². The number of hydrogen-bond donors (Lipinski definition) is 3. The first kappa shape index (κ1) is 12.7. The molecule has 0 aromatic carbocycles. The van der Waals surface area contributed by atoms with Crippen molar-refractivity contribution in [3.63, 3.8) is 0 Å². The average Bonchev–Trinajstić information content (AvgIpc) is 2.24. The summed E-state index contributed by atoms with van der Waals surface area (Å²) in [5, 5.41) is 3.23. The number of nitrogens with two attached hydrogens (primary N) is 1. The lowest BCUT2D eigenvalue weighted by atomic mass is 9.96. The summed E-state index contributed by atoms with van der Waals surface area (Å²) < 4.78 is 0. The average molecular weight is 223 g/mol. The van der Waals surface area contributed by atoms with Crippen molar-refractivity contribution in [2.75, 3.05) is 17.3 Å². The van der Waals surface area contributed by atoms with Crippen LogP contribution < -0.4 is 16.6 Å². The molecule has 5 heteroatoms. The van der Waals surface area contributed by atoms with Gasteiger partial charge in [0.1, 0.15) is 17.5 Å². The highest BCUT2D eigenvalue weighted by Crippen LogP contribution is 2.21. The van der Waals surface area contributed by atoms with Crippen molar-refractivity contribution in [2.45, 2.75) is 39.5 Å². The Kier molecular flexibility index (Phi) is 4.06.